The molecule has 1 unspecified atom stereocenters. The van der Waals surface area contributed by atoms with E-state index in [0.29, 0.717) is 5.92 Å². The Morgan fingerprint density at radius 1 is 1.71 bits per heavy atom. The maximum atomic E-state index is 8.87. The fourth-order valence-electron chi connectivity index (χ4n) is 1.01. The summed E-state index contributed by atoms with van der Waals surface area (Å²) in [5.74, 6) is 0.648. The Balaban J connectivity index is 2.26. The largest absolute Gasteiger partial charge is 0.393 e. The van der Waals surface area contributed by atoms with Crippen LogP contribution in [0.1, 0.15) is 19.8 Å². The lowest BCUT2D eigenvalue weighted by molar-refractivity contribution is 0.180. The smallest absolute Gasteiger partial charge is 0.0545 e. The van der Waals surface area contributed by atoms with Gasteiger partial charge in [0.05, 0.1) is 6.10 Å². The number of rotatable bonds is 0. The third-order valence-electron chi connectivity index (χ3n) is 1.45. The Bertz CT molecular complexity index is 53.2. The molecule has 2 atom stereocenters. The van der Waals surface area contributed by atoms with Crippen molar-refractivity contribution < 1.29 is 5.11 Å². The fourth-order valence-corrected chi connectivity index (χ4v) is 1.01. The van der Waals surface area contributed by atoms with E-state index in [0.717, 1.165) is 12.8 Å². The quantitative estimate of drug-likeness (QED) is 0.480. The van der Waals surface area contributed by atoms with Crippen molar-refractivity contribution in [1.82, 2.24) is 0 Å². The molecule has 1 nitrogen and oxygen atoms in total. The molecule has 0 heterocycles. The maximum absolute atomic E-state index is 8.87. The van der Waals surface area contributed by atoms with Gasteiger partial charge in [0.15, 0.2) is 0 Å². The van der Waals surface area contributed by atoms with Gasteiger partial charge in [-0.3, -0.25) is 0 Å². The van der Waals surface area contributed by atoms with Crippen molar-refractivity contribution in [3.8, 4) is 0 Å². The zero-order valence-corrected chi connectivity index (χ0v) is 4.59. The summed E-state index contributed by atoms with van der Waals surface area (Å²) < 4.78 is 0. The van der Waals surface area contributed by atoms with Crippen LogP contribution in [0.25, 0.3) is 0 Å². The summed E-state index contributed by atoms with van der Waals surface area (Å²) in [4.78, 5) is 0. The molecule has 1 radical (unpaired) electrons. The molecule has 0 saturated heterocycles. The van der Waals surface area contributed by atoms with Gasteiger partial charge in [0.2, 0.25) is 0 Å². The zero-order valence-electron chi connectivity index (χ0n) is 4.59. The molecular weight excluding hydrogens is 88.1 g/mol. The first kappa shape index (κ1) is 5.10. The molecule has 0 aromatic heterocycles. The molecule has 0 spiro atoms. The molecule has 1 aliphatic rings. The van der Waals surface area contributed by atoms with E-state index >= 15 is 0 Å². The number of aliphatic hydroxyl groups is 1. The van der Waals surface area contributed by atoms with Gasteiger partial charge in [0.1, 0.15) is 0 Å². The van der Waals surface area contributed by atoms with Crippen LogP contribution in [0.15, 0.2) is 0 Å². The lowest BCUT2D eigenvalue weighted by Crippen LogP contribution is -1.97. The third-order valence-corrected chi connectivity index (χ3v) is 1.45. The van der Waals surface area contributed by atoms with E-state index < -0.39 is 0 Å². The lowest BCUT2D eigenvalue weighted by atomic mass is 10.1. The van der Waals surface area contributed by atoms with Crippen molar-refractivity contribution in [3.63, 3.8) is 0 Å². The van der Waals surface area contributed by atoms with Gasteiger partial charge in [-0.15, -0.1) is 0 Å². The third kappa shape index (κ3) is 1.16. The number of aliphatic hydroxyl groups excluding tert-OH is 1. The highest BCUT2D eigenvalue weighted by Crippen LogP contribution is 2.22. The van der Waals surface area contributed by atoms with Gasteiger partial charge in [0, 0.05) is 0 Å². The standard InChI is InChI=1S/C6H11O/c1-5-2-3-6(7)4-5/h2,5-7H,3-4H2,1H3/t5-,6?/m1/s1. The van der Waals surface area contributed by atoms with E-state index in [-0.39, 0.29) is 6.10 Å². The molecule has 41 valence electrons. The molecule has 0 aromatic rings. The summed E-state index contributed by atoms with van der Waals surface area (Å²) in [6.07, 6.45) is 4.02. The Morgan fingerprint density at radius 2 is 2.43 bits per heavy atom. The highest BCUT2D eigenvalue weighted by molar-refractivity contribution is 4.85. The molecule has 1 N–H and O–H groups in total. The van der Waals surface area contributed by atoms with Crippen molar-refractivity contribution in [3.05, 3.63) is 6.42 Å². The van der Waals surface area contributed by atoms with Crippen LogP contribution in [-0.4, -0.2) is 11.2 Å². The molecule has 1 heteroatoms. The maximum Gasteiger partial charge on any atom is 0.0545 e. The second-order valence-electron chi connectivity index (χ2n) is 2.34. The normalized spacial score (nSPS) is 42.0. The van der Waals surface area contributed by atoms with E-state index in [1.165, 1.54) is 0 Å². The second-order valence-corrected chi connectivity index (χ2v) is 2.34. The summed E-state index contributed by atoms with van der Waals surface area (Å²) >= 11 is 0. The summed E-state index contributed by atoms with van der Waals surface area (Å²) in [7, 11) is 0. The SMILES string of the molecule is C[C@@H]1[CH]CC(O)C1. The van der Waals surface area contributed by atoms with Crippen LogP contribution in [0.5, 0.6) is 0 Å². The van der Waals surface area contributed by atoms with Gasteiger partial charge < -0.3 is 5.11 Å². The minimum Gasteiger partial charge on any atom is -0.393 e. The van der Waals surface area contributed by atoms with Gasteiger partial charge in [-0.2, -0.15) is 0 Å². The van der Waals surface area contributed by atoms with Gasteiger partial charge in [-0.25, -0.2) is 0 Å². The van der Waals surface area contributed by atoms with Crippen molar-refractivity contribution in [2.24, 2.45) is 5.92 Å². The molecule has 0 amide bonds. The molecule has 1 rings (SSSR count). The predicted molar refractivity (Wildman–Crippen MR) is 28.7 cm³/mol. The molecule has 7 heavy (non-hydrogen) atoms. The first-order valence-electron chi connectivity index (χ1n) is 2.80. The van der Waals surface area contributed by atoms with E-state index in [2.05, 4.69) is 13.3 Å². The first-order valence-corrected chi connectivity index (χ1v) is 2.80. The number of hydrogen-bond acceptors (Lipinski definition) is 1. The fraction of sp³-hybridized carbons (Fsp3) is 0.833. The van der Waals surface area contributed by atoms with Gasteiger partial charge in [0.25, 0.3) is 0 Å². The molecule has 1 saturated carbocycles. The number of hydrogen-bond donors (Lipinski definition) is 1. The van der Waals surface area contributed by atoms with E-state index in [1.807, 2.05) is 0 Å². The van der Waals surface area contributed by atoms with Crippen molar-refractivity contribution in [1.29, 1.82) is 0 Å². The summed E-state index contributed by atoms with van der Waals surface area (Å²) in [6, 6.07) is 0. The predicted octanol–water partition coefficient (Wildman–Crippen LogP) is 0.981. The minimum absolute atomic E-state index is 0.0324. The lowest BCUT2D eigenvalue weighted by Gasteiger charge is -1.95. The first-order chi connectivity index (χ1) is 3.29. The van der Waals surface area contributed by atoms with Crippen LogP contribution in [0.4, 0.5) is 0 Å². The van der Waals surface area contributed by atoms with Gasteiger partial charge in [-0.05, 0) is 25.2 Å². The topological polar surface area (TPSA) is 20.2 Å². The van der Waals surface area contributed by atoms with Gasteiger partial charge >= 0.3 is 0 Å². The average molecular weight is 99.2 g/mol. The molecule has 0 aromatic carbocycles. The summed E-state index contributed by atoms with van der Waals surface area (Å²) in [5, 5.41) is 8.87. The molecule has 1 aliphatic carbocycles. The van der Waals surface area contributed by atoms with E-state index in [4.69, 9.17) is 5.11 Å². The second kappa shape index (κ2) is 1.83. The molecular formula is C6H11O. The summed E-state index contributed by atoms with van der Waals surface area (Å²) in [6.45, 7) is 2.14. The van der Waals surface area contributed by atoms with Crippen LogP contribution in [-0.2, 0) is 0 Å². The Morgan fingerprint density at radius 3 is 2.57 bits per heavy atom. The van der Waals surface area contributed by atoms with Crippen LogP contribution in [0.2, 0.25) is 0 Å². The highest BCUT2D eigenvalue weighted by Gasteiger charge is 2.17. The van der Waals surface area contributed by atoms with E-state index in [1.54, 1.807) is 0 Å². The van der Waals surface area contributed by atoms with Crippen LogP contribution < -0.4 is 0 Å². The molecule has 0 aliphatic heterocycles. The monoisotopic (exact) mass is 99.1 g/mol. The molecule has 0 bridgehead atoms. The minimum atomic E-state index is -0.0324. The van der Waals surface area contributed by atoms with Crippen LogP contribution >= 0.6 is 0 Å². The Labute approximate surface area is 44.4 Å². The summed E-state index contributed by atoms with van der Waals surface area (Å²) in [5.41, 5.74) is 0. The van der Waals surface area contributed by atoms with Crippen LogP contribution in [0.3, 0.4) is 0 Å². The van der Waals surface area contributed by atoms with Gasteiger partial charge in [-0.1, -0.05) is 6.92 Å². The van der Waals surface area contributed by atoms with E-state index in [9.17, 15) is 0 Å². The van der Waals surface area contributed by atoms with Crippen molar-refractivity contribution >= 4 is 0 Å². The molecule has 1 fully saturated rings. The van der Waals surface area contributed by atoms with Crippen molar-refractivity contribution in [2.75, 3.05) is 0 Å². The zero-order chi connectivity index (χ0) is 5.28. The Kier molecular flexibility index (Phi) is 1.33. The van der Waals surface area contributed by atoms with Crippen molar-refractivity contribution in [2.45, 2.75) is 25.9 Å². The van der Waals surface area contributed by atoms with Crippen LogP contribution in [0, 0.1) is 12.3 Å². The Hall–Kier alpha value is -0.0400. The highest BCUT2D eigenvalue weighted by atomic mass is 16.3. The average Bonchev–Trinajstić information content (AvgIpc) is 1.87.